The highest BCUT2D eigenvalue weighted by molar-refractivity contribution is 7.99. The molecule has 0 unspecified atom stereocenters. The molecule has 142 valence electrons. The van der Waals surface area contributed by atoms with Crippen molar-refractivity contribution in [3.8, 4) is 5.69 Å². The van der Waals surface area contributed by atoms with Crippen molar-refractivity contribution >= 4 is 23.6 Å². The molecule has 0 atom stereocenters. The van der Waals surface area contributed by atoms with E-state index in [1.807, 2.05) is 12.1 Å². The maximum absolute atomic E-state index is 12.5. The van der Waals surface area contributed by atoms with Crippen LogP contribution < -0.4 is 0 Å². The SMILES string of the molecule is CCCCc1ccc(-n2nnnc2SCN2C(=O)c3ccccc3C2=O)cc1. The fourth-order valence-corrected chi connectivity index (χ4v) is 3.93. The number of carbonyl (C=O) groups is 2. The molecule has 0 fully saturated rings. The molecule has 0 N–H and O–H groups in total. The minimum absolute atomic E-state index is 0.154. The molecule has 1 aliphatic rings. The van der Waals surface area contributed by atoms with Crippen LogP contribution in [-0.4, -0.2) is 42.8 Å². The monoisotopic (exact) mass is 393 g/mol. The van der Waals surface area contributed by atoms with Gasteiger partial charge in [-0.1, -0.05) is 49.4 Å². The third-order valence-corrected chi connectivity index (χ3v) is 5.54. The van der Waals surface area contributed by atoms with Gasteiger partial charge in [-0.05, 0) is 53.1 Å². The number of amides is 2. The second kappa shape index (κ2) is 7.93. The van der Waals surface area contributed by atoms with Gasteiger partial charge in [0.15, 0.2) is 0 Å². The molecular weight excluding hydrogens is 374 g/mol. The average molecular weight is 393 g/mol. The van der Waals surface area contributed by atoms with Gasteiger partial charge >= 0.3 is 0 Å². The van der Waals surface area contributed by atoms with Gasteiger partial charge in [0.2, 0.25) is 5.16 Å². The highest BCUT2D eigenvalue weighted by atomic mass is 32.2. The van der Waals surface area contributed by atoms with Gasteiger partial charge in [0.05, 0.1) is 22.7 Å². The van der Waals surface area contributed by atoms with E-state index in [2.05, 4.69) is 34.6 Å². The molecule has 0 saturated heterocycles. The number of aryl methyl sites for hydroxylation is 1. The van der Waals surface area contributed by atoms with Crippen molar-refractivity contribution in [3.63, 3.8) is 0 Å². The first-order chi connectivity index (χ1) is 13.7. The Balaban J connectivity index is 1.47. The molecule has 4 rings (SSSR count). The quantitative estimate of drug-likeness (QED) is 0.452. The number of imide groups is 1. The number of benzene rings is 2. The van der Waals surface area contributed by atoms with E-state index in [-0.39, 0.29) is 17.7 Å². The maximum Gasteiger partial charge on any atom is 0.262 e. The van der Waals surface area contributed by atoms with Gasteiger partial charge in [-0.3, -0.25) is 14.5 Å². The summed E-state index contributed by atoms with van der Waals surface area (Å²) in [6.07, 6.45) is 3.37. The molecule has 2 heterocycles. The molecule has 1 aromatic heterocycles. The summed E-state index contributed by atoms with van der Waals surface area (Å²) in [6.45, 7) is 2.17. The van der Waals surface area contributed by atoms with Gasteiger partial charge in [-0.2, -0.15) is 4.68 Å². The van der Waals surface area contributed by atoms with Gasteiger partial charge in [0.25, 0.3) is 11.8 Å². The second-order valence-corrected chi connectivity index (χ2v) is 7.41. The Morgan fingerprint density at radius 3 is 2.29 bits per heavy atom. The zero-order valence-electron chi connectivity index (χ0n) is 15.4. The maximum atomic E-state index is 12.5. The fraction of sp³-hybridized carbons (Fsp3) is 0.250. The number of unbranched alkanes of at least 4 members (excludes halogenated alkanes) is 1. The first-order valence-corrected chi connectivity index (χ1v) is 10.1. The molecule has 1 aliphatic heterocycles. The molecule has 7 nitrogen and oxygen atoms in total. The Morgan fingerprint density at radius 2 is 1.64 bits per heavy atom. The Bertz CT molecular complexity index is 980. The van der Waals surface area contributed by atoms with Gasteiger partial charge in [-0.15, -0.1) is 5.10 Å². The molecule has 0 spiro atoms. The summed E-state index contributed by atoms with van der Waals surface area (Å²) in [5, 5.41) is 12.4. The molecule has 3 aromatic rings. The summed E-state index contributed by atoms with van der Waals surface area (Å²) in [5.74, 6) is -0.416. The summed E-state index contributed by atoms with van der Waals surface area (Å²) < 4.78 is 1.62. The van der Waals surface area contributed by atoms with Crippen LogP contribution in [-0.2, 0) is 6.42 Å². The first kappa shape index (κ1) is 18.4. The number of nitrogens with zero attached hydrogens (tertiary/aromatic N) is 5. The standard InChI is InChI=1S/C20H19N5O2S/c1-2-3-6-14-9-11-15(12-10-14)25-20(21-22-23-25)28-13-24-18(26)16-7-4-5-8-17(16)19(24)27/h4-5,7-12H,2-3,6,13H2,1H3. The van der Waals surface area contributed by atoms with Gasteiger partial charge in [-0.25, -0.2) is 0 Å². The van der Waals surface area contributed by atoms with Crippen molar-refractivity contribution in [2.45, 2.75) is 31.3 Å². The van der Waals surface area contributed by atoms with Crippen LogP contribution in [0.15, 0.2) is 53.7 Å². The van der Waals surface area contributed by atoms with Crippen molar-refractivity contribution in [3.05, 3.63) is 65.2 Å². The van der Waals surface area contributed by atoms with E-state index in [4.69, 9.17) is 0 Å². The summed E-state index contributed by atoms with van der Waals surface area (Å²) in [5.41, 5.74) is 3.00. The zero-order valence-corrected chi connectivity index (χ0v) is 16.2. The van der Waals surface area contributed by atoms with Crippen molar-refractivity contribution in [1.82, 2.24) is 25.1 Å². The zero-order chi connectivity index (χ0) is 19.5. The first-order valence-electron chi connectivity index (χ1n) is 9.14. The number of fused-ring (bicyclic) bond motifs is 1. The topological polar surface area (TPSA) is 81.0 Å². The molecule has 2 amide bonds. The van der Waals surface area contributed by atoms with Crippen LogP contribution in [0.4, 0.5) is 0 Å². The van der Waals surface area contributed by atoms with Crippen molar-refractivity contribution in [1.29, 1.82) is 0 Å². The predicted octanol–water partition coefficient (Wildman–Crippen LogP) is 3.35. The van der Waals surface area contributed by atoms with Crippen LogP contribution in [0, 0.1) is 0 Å². The Morgan fingerprint density at radius 1 is 0.964 bits per heavy atom. The Hall–Kier alpha value is -3.00. The summed E-state index contributed by atoms with van der Waals surface area (Å²) in [6, 6.07) is 15.0. The highest BCUT2D eigenvalue weighted by Gasteiger charge is 2.35. The molecule has 0 saturated carbocycles. The number of tetrazole rings is 1. The lowest BCUT2D eigenvalue weighted by atomic mass is 10.1. The lowest BCUT2D eigenvalue weighted by Gasteiger charge is -2.12. The number of rotatable bonds is 7. The number of hydrogen-bond acceptors (Lipinski definition) is 6. The van der Waals surface area contributed by atoms with Crippen LogP contribution in [0.2, 0.25) is 0 Å². The molecule has 2 aromatic carbocycles. The number of thioether (sulfide) groups is 1. The van der Waals surface area contributed by atoms with Crippen molar-refractivity contribution < 1.29 is 9.59 Å². The van der Waals surface area contributed by atoms with E-state index < -0.39 is 0 Å². The lowest BCUT2D eigenvalue weighted by molar-refractivity contribution is 0.0684. The van der Waals surface area contributed by atoms with E-state index in [0.717, 1.165) is 24.9 Å². The predicted molar refractivity (Wildman–Crippen MR) is 105 cm³/mol. The van der Waals surface area contributed by atoms with Gasteiger partial charge in [0, 0.05) is 0 Å². The van der Waals surface area contributed by atoms with E-state index in [1.165, 1.54) is 22.2 Å². The van der Waals surface area contributed by atoms with Crippen molar-refractivity contribution in [2.24, 2.45) is 0 Å². The summed E-state index contributed by atoms with van der Waals surface area (Å²) in [7, 11) is 0. The van der Waals surface area contributed by atoms with Crippen LogP contribution in [0.25, 0.3) is 5.69 Å². The molecule has 8 heteroatoms. The number of carbonyl (C=O) groups excluding carboxylic acids is 2. The van der Waals surface area contributed by atoms with Crippen LogP contribution in [0.3, 0.4) is 0 Å². The highest BCUT2D eigenvalue weighted by Crippen LogP contribution is 2.27. The fourth-order valence-electron chi connectivity index (χ4n) is 3.09. The summed E-state index contributed by atoms with van der Waals surface area (Å²) in [4.78, 5) is 26.2. The molecular formula is C20H19N5O2S. The Labute approximate surface area is 166 Å². The van der Waals surface area contributed by atoms with E-state index >= 15 is 0 Å². The average Bonchev–Trinajstić information content (AvgIpc) is 3.29. The smallest absolute Gasteiger partial charge is 0.262 e. The van der Waals surface area contributed by atoms with E-state index in [0.29, 0.717) is 16.3 Å². The second-order valence-electron chi connectivity index (χ2n) is 6.50. The van der Waals surface area contributed by atoms with E-state index in [1.54, 1.807) is 28.9 Å². The van der Waals surface area contributed by atoms with E-state index in [9.17, 15) is 9.59 Å². The van der Waals surface area contributed by atoms with Gasteiger partial charge < -0.3 is 0 Å². The third-order valence-electron chi connectivity index (χ3n) is 4.64. The molecule has 0 bridgehead atoms. The van der Waals surface area contributed by atoms with Crippen LogP contribution in [0.1, 0.15) is 46.0 Å². The largest absolute Gasteiger partial charge is 0.269 e. The minimum atomic E-state index is -0.285. The third kappa shape index (κ3) is 3.43. The normalized spacial score (nSPS) is 13.2. The summed E-state index contributed by atoms with van der Waals surface area (Å²) >= 11 is 1.25. The van der Waals surface area contributed by atoms with Gasteiger partial charge in [0.1, 0.15) is 0 Å². The minimum Gasteiger partial charge on any atom is -0.269 e. The lowest BCUT2D eigenvalue weighted by Crippen LogP contribution is -2.29. The van der Waals surface area contributed by atoms with Crippen LogP contribution >= 0.6 is 11.8 Å². The number of aromatic nitrogens is 4. The molecule has 0 radical (unpaired) electrons. The van der Waals surface area contributed by atoms with Crippen LogP contribution in [0.5, 0.6) is 0 Å². The molecule has 28 heavy (non-hydrogen) atoms. The van der Waals surface area contributed by atoms with Crippen molar-refractivity contribution in [2.75, 3.05) is 5.88 Å². The Kier molecular flexibility index (Phi) is 5.21. The molecule has 0 aliphatic carbocycles. The number of hydrogen-bond donors (Lipinski definition) is 0.